The van der Waals surface area contributed by atoms with Crippen molar-refractivity contribution in [3.63, 3.8) is 0 Å². The Morgan fingerprint density at radius 1 is 1.00 bits per heavy atom. The molecule has 0 radical (unpaired) electrons. The summed E-state index contributed by atoms with van der Waals surface area (Å²) in [6.45, 7) is 0. The van der Waals surface area contributed by atoms with E-state index in [9.17, 15) is 0 Å². The average Bonchev–Trinajstić information content (AvgIpc) is 3.54. The van der Waals surface area contributed by atoms with Crippen LogP contribution >= 0.6 is 34.4 Å². The normalized spacial score (nSPS) is 11.2. The minimum absolute atomic E-state index is 0.546. The largest absolute Gasteiger partial charge is 0.334 e. The van der Waals surface area contributed by atoms with Gasteiger partial charge in [0.2, 0.25) is 0 Å². The highest BCUT2D eigenvalue weighted by atomic mass is 32.2. The maximum atomic E-state index is 5.38. The molecule has 5 rings (SSSR count). The Kier molecular flexibility index (Phi) is 5.25. The molecule has 0 spiro atoms. The molecule has 0 N–H and O–H groups in total. The quantitative estimate of drug-likeness (QED) is 0.321. The van der Waals surface area contributed by atoms with Gasteiger partial charge in [-0.2, -0.15) is 16.3 Å². The Bertz CT molecular complexity index is 1180. The van der Waals surface area contributed by atoms with Gasteiger partial charge in [-0.25, -0.2) is 0 Å². The summed E-state index contributed by atoms with van der Waals surface area (Å²) in [5, 5.41) is 19.9. The van der Waals surface area contributed by atoms with Crippen molar-refractivity contribution >= 4 is 34.4 Å². The van der Waals surface area contributed by atoms with Gasteiger partial charge >= 0.3 is 0 Å². The van der Waals surface area contributed by atoms with Crippen molar-refractivity contribution in [2.45, 2.75) is 17.3 Å². The Hall–Kier alpha value is -2.75. The fourth-order valence-electron chi connectivity index (χ4n) is 2.86. The molecule has 0 fully saturated rings. The van der Waals surface area contributed by atoms with Crippen LogP contribution in [0.4, 0.5) is 0 Å². The molecule has 1 aromatic carbocycles. The van der Waals surface area contributed by atoms with Crippen molar-refractivity contribution in [1.29, 1.82) is 0 Å². The lowest BCUT2D eigenvalue weighted by Gasteiger charge is -2.09. The topological polar surface area (TPSA) is 69.6 Å². The van der Waals surface area contributed by atoms with Crippen molar-refractivity contribution in [2.24, 2.45) is 0 Å². The van der Waals surface area contributed by atoms with Crippen LogP contribution in [-0.4, -0.2) is 24.9 Å². The number of nitrogens with zero attached hydrogens (tertiary/aromatic N) is 5. The van der Waals surface area contributed by atoms with Gasteiger partial charge < -0.3 is 4.52 Å². The maximum absolute atomic E-state index is 5.38. The van der Waals surface area contributed by atoms with Crippen LogP contribution in [0.3, 0.4) is 0 Å². The van der Waals surface area contributed by atoms with Crippen molar-refractivity contribution in [2.75, 3.05) is 0 Å². The van der Waals surface area contributed by atoms with Gasteiger partial charge in [-0.3, -0.25) is 4.57 Å². The summed E-state index contributed by atoms with van der Waals surface area (Å²) in [6, 6.07) is 16.3. The van der Waals surface area contributed by atoms with Crippen LogP contribution in [0, 0.1) is 0 Å². The molecule has 0 aliphatic rings. The molecule has 4 aromatic heterocycles. The van der Waals surface area contributed by atoms with Gasteiger partial charge in [0.1, 0.15) is 5.82 Å². The maximum Gasteiger partial charge on any atom is 0.258 e. The zero-order valence-corrected chi connectivity index (χ0v) is 17.6. The zero-order valence-electron chi connectivity index (χ0n) is 15.1. The summed E-state index contributed by atoms with van der Waals surface area (Å²) >= 11 is 4.88. The number of hydrogen-bond donors (Lipinski definition) is 0. The van der Waals surface area contributed by atoms with Crippen LogP contribution in [0.15, 0.2) is 74.4 Å². The van der Waals surface area contributed by atoms with Gasteiger partial charge in [0.05, 0.1) is 11.3 Å². The second kappa shape index (κ2) is 8.32. The minimum Gasteiger partial charge on any atom is -0.334 e. The summed E-state index contributed by atoms with van der Waals surface area (Å²) in [5.41, 5.74) is 1.99. The van der Waals surface area contributed by atoms with E-state index in [1.54, 1.807) is 34.4 Å². The molecule has 0 atom stereocenters. The van der Waals surface area contributed by atoms with Crippen molar-refractivity contribution in [3.05, 3.63) is 81.2 Å². The second-order valence-electron chi connectivity index (χ2n) is 6.14. The highest BCUT2D eigenvalue weighted by Crippen LogP contribution is 2.27. The molecule has 0 bridgehead atoms. The zero-order chi connectivity index (χ0) is 19.5. The molecule has 0 saturated carbocycles. The van der Waals surface area contributed by atoms with E-state index in [0.717, 1.165) is 28.7 Å². The van der Waals surface area contributed by atoms with Gasteiger partial charge in [-0.1, -0.05) is 41.2 Å². The average molecular weight is 438 g/mol. The van der Waals surface area contributed by atoms with E-state index in [-0.39, 0.29) is 0 Å². The first-order valence-corrected chi connectivity index (χ1v) is 11.7. The first-order valence-electron chi connectivity index (χ1n) is 8.87. The van der Waals surface area contributed by atoms with Gasteiger partial charge in [0.15, 0.2) is 11.0 Å². The van der Waals surface area contributed by atoms with Gasteiger partial charge in [0, 0.05) is 22.4 Å². The molecule has 0 amide bonds. The van der Waals surface area contributed by atoms with Crippen molar-refractivity contribution < 1.29 is 4.52 Å². The smallest absolute Gasteiger partial charge is 0.258 e. The molecule has 0 saturated heterocycles. The number of para-hydroxylation sites is 1. The summed E-state index contributed by atoms with van der Waals surface area (Å²) < 4.78 is 7.48. The minimum atomic E-state index is 0.546. The SMILES string of the molecule is c1ccc(-n2c(Cc3cccs3)nnc2SCc2noc(-c3ccsc3)n2)cc1. The third-order valence-electron chi connectivity index (χ3n) is 4.19. The lowest BCUT2D eigenvalue weighted by molar-refractivity contribution is 0.425. The van der Waals surface area contributed by atoms with Gasteiger partial charge in [-0.05, 0) is 35.0 Å². The molecule has 0 aliphatic carbocycles. The Morgan fingerprint density at radius 3 is 2.72 bits per heavy atom. The van der Waals surface area contributed by atoms with Crippen LogP contribution in [0.1, 0.15) is 16.5 Å². The van der Waals surface area contributed by atoms with E-state index >= 15 is 0 Å². The van der Waals surface area contributed by atoms with Crippen LogP contribution < -0.4 is 0 Å². The number of rotatable bonds is 7. The number of thioether (sulfide) groups is 1. The van der Waals surface area contributed by atoms with Crippen LogP contribution in [0.25, 0.3) is 17.1 Å². The Balaban J connectivity index is 1.40. The van der Waals surface area contributed by atoms with Crippen LogP contribution in [0.2, 0.25) is 0 Å². The third-order valence-corrected chi connectivity index (χ3v) is 6.68. The summed E-state index contributed by atoms with van der Waals surface area (Å²) in [6.07, 6.45) is 0.741. The summed E-state index contributed by atoms with van der Waals surface area (Å²) in [5.74, 6) is 2.65. The third kappa shape index (κ3) is 4.02. The number of hydrogen-bond acceptors (Lipinski definition) is 8. The second-order valence-corrected chi connectivity index (χ2v) is 8.90. The molecular formula is C20H15N5OS3. The van der Waals surface area contributed by atoms with Gasteiger partial charge in [0.25, 0.3) is 5.89 Å². The Labute approximate surface area is 179 Å². The molecule has 0 unspecified atom stereocenters. The molecule has 5 aromatic rings. The van der Waals surface area contributed by atoms with Crippen LogP contribution in [-0.2, 0) is 12.2 Å². The first kappa shape index (κ1) is 18.3. The molecule has 29 heavy (non-hydrogen) atoms. The summed E-state index contributed by atoms with van der Waals surface area (Å²) in [7, 11) is 0. The summed E-state index contributed by atoms with van der Waals surface area (Å²) in [4.78, 5) is 5.74. The van der Waals surface area contributed by atoms with E-state index < -0.39 is 0 Å². The number of aromatic nitrogens is 5. The monoisotopic (exact) mass is 437 g/mol. The van der Waals surface area contributed by atoms with E-state index in [2.05, 4.69) is 54.6 Å². The first-order chi connectivity index (χ1) is 14.4. The highest BCUT2D eigenvalue weighted by molar-refractivity contribution is 7.98. The van der Waals surface area contributed by atoms with E-state index in [0.29, 0.717) is 17.5 Å². The fraction of sp³-hybridized carbons (Fsp3) is 0.100. The number of benzene rings is 1. The molecule has 144 valence electrons. The standard InChI is InChI=1S/C20H15N5OS3/c1-2-5-15(6-3-1)25-18(11-16-7-4-9-28-16)22-23-20(25)29-13-17-21-19(26-24-17)14-8-10-27-12-14/h1-10,12H,11,13H2. The predicted molar refractivity (Wildman–Crippen MR) is 116 cm³/mol. The predicted octanol–water partition coefficient (Wildman–Crippen LogP) is 5.32. The van der Waals surface area contributed by atoms with E-state index in [4.69, 9.17) is 4.52 Å². The molecule has 9 heteroatoms. The lowest BCUT2D eigenvalue weighted by atomic mass is 10.3. The molecular weight excluding hydrogens is 422 g/mol. The number of thiophene rings is 2. The van der Waals surface area contributed by atoms with Crippen molar-refractivity contribution in [3.8, 4) is 17.1 Å². The fourth-order valence-corrected chi connectivity index (χ4v) is 5.00. The molecule has 4 heterocycles. The van der Waals surface area contributed by atoms with Crippen LogP contribution in [0.5, 0.6) is 0 Å². The van der Waals surface area contributed by atoms with Crippen molar-refractivity contribution in [1.82, 2.24) is 24.9 Å². The van der Waals surface area contributed by atoms with Gasteiger partial charge in [-0.15, -0.1) is 21.5 Å². The molecule has 6 nitrogen and oxygen atoms in total. The highest BCUT2D eigenvalue weighted by Gasteiger charge is 2.17. The molecule has 0 aliphatic heterocycles. The van der Waals surface area contributed by atoms with E-state index in [1.165, 1.54) is 4.88 Å². The Morgan fingerprint density at radius 2 is 1.93 bits per heavy atom. The van der Waals surface area contributed by atoms with E-state index in [1.807, 2.05) is 35.0 Å². The lowest BCUT2D eigenvalue weighted by Crippen LogP contribution is -2.03.